The average molecular weight is 1100 g/mol. The van der Waals surface area contributed by atoms with Gasteiger partial charge in [0.1, 0.15) is 18.1 Å². The predicted octanol–water partition coefficient (Wildman–Crippen LogP) is 7.58. The molecule has 4 heterocycles. The third-order valence-electron chi connectivity index (χ3n) is 13.2. The van der Waals surface area contributed by atoms with Crippen LogP contribution in [-0.2, 0) is 40.5 Å². The highest BCUT2D eigenvalue weighted by molar-refractivity contribution is 7.89. The van der Waals surface area contributed by atoms with Gasteiger partial charge >= 0.3 is 0 Å². The summed E-state index contributed by atoms with van der Waals surface area (Å²) >= 11 is 2.83. The molecule has 0 saturated carbocycles. The van der Waals surface area contributed by atoms with Gasteiger partial charge in [0.2, 0.25) is 39.6 Å². The summed E-state index contributed by atoms with van der Waals surface area (Å²) < 4.78 is 24.9. The van der Waals surface area contributed by atoms with Crippen LogP contribution < -0.4 is 26.6 Å². The van der Waals surface area contributed by atoms with E-state index < -0.39 is 51.5 Å². The summed E-state index contributed by atoms with van der Waals surface area (Å²) in [5, 5.41) is 27.2. The van der Waals surface area contributed by atoms with Crippen LogP contribution in [0.3, 0.4) is 0 Å². The number of amides is 6. The lowest BCUT2D eigenvalue weighted by molar-refractivity contribution is -0.144. The fourth-order valence-corrected chi connectivity index (χ4v) is 11.0. The number of hydrogen-bond donors (Lipinski definition) is 6. The maximum atomic E-state index is 14.0. The van der Waals surface area contributed by atoms with Crippen molar-refractivity contribution in [1.82, 2.24) is 40.1 Å². The van der Waals surface area contributed by atoms with Crippen molar-refractivity contribution in [2.24, 2.45) is 5.41 Å². The highest BCUT2D eigenvalue weighted by Gasteiger charge is 2.44. The van der Waals surface area contributed by atoms with Crippen molar-refractivity contribution in [3.8, 4) is 21.7 Å². The maximum absolute atomic E-state index is 14.0. The normalized spacial score (nSPS) is 15.4. The molecule has 0 bridgehead atoms. The molecule has 6 N–H and O–H groups in total. The summed E-state index contributed by atoms with van der Waals surface area (Å²) in [7, 11) is -3.60. The van der Waals surface area contributed by atoms with Gasteiger partial charge in [-0.2, -0.15) is 0 Å². The zero-order valence-corrected chi connectivity index (χ0v) is 46.6. The molecule has 18 nitrogen and oxygen atoms in total. The van der Waals surface area contributed by atoms with Gasteiger partial charge in [-0.05, 0) is 61.6 Å². The lowest BCUT2D eigenvalue weighted by Gasteiger charge is -2.35. The number of aliphatic hydroxyl groups excluding tert-OH is 1. The second kappa shape index (κ2) is 28.2. The third-order valence-corrected chi connectivity index (χ3v) is 16.0. The summed E-state index contributed by atoms with van der Waals surface area (Å²) in [6.45, 7) is 8.26. The number of aromatic nitrogens is 3. The molecule has 0 spiro atoms. The zero-order valence-electron chi connectivity index (χ0n) is 44.1. The number of aryl methyl sites for hydroxylation is 1. The van der Waals surface area contributed by atoms with E-state index in [1.165, 1.54) is 34.7 Å². The Balaban J connectivity index is 0.831. The van der Waals surface area contributed by atoms with Gasteiger partial charge in [-0.15, -0.1) is 22.7 Å². The van der Waals surface area contributed by atoms with E-state index in [0.717, 1.165) is 82.4 Å². The van der Waals surface area contributed by atoms with Crippen molar-refractivity contribution in [2.75, 3.05) is 24.7 Å². The zero-order chi connectivity index (χ0) is 54.8. The molecule has 1 aliphatic rings. The number of benzene rings is 2. The standard InChI is InChI=1S/C55H73N9O9S3/c1-37-48(75-36-58-37)40-26-24-38(25-27-40)32-57-52(70)45-31-42(65)34-64(45)53(71)49(55(2,3)4)61-47(67)23-16-11-9-7-6-8-10-15-22-46(66)56-29-18-17-21-43(59-50(68)41-28-30-63(33-41)76(5,72)73)51(69)62-54-60-44(35-74-54)39-19-13-12-14-20-39/h12-14,19-20,24-28,30,33,35-36,42-43,45,49,65H,6-11,15-18,21-23,29,31-32,34H2,1-5H3,(H,56,66)(H,57,70)(H,59,68)(H,61,67)(H,60,62,69)/t42-,43+,45+,49-/m1/s1. The van der Waals surface area contributed by atoms with Crippen molar-refractivity contribution < 1.29 is 42.3 Å². The Morgan fingerprint density at radius 1 is 0.803 bits per heavy atom. The molecule has 76 heavy (non-hydrogen) atoms. The van der Waals surface area contributed by atoms with Crippen LogP contribution in [0.1, 0.15) is 132 Å². The van der Waals surface area contributed by atoms with Crippen molar-refractivity contribution in [3.63, 3.8) is 0 Å². The van der Waals surface area contributed by atoms with E-state index >= 15 is 0 Å². The number of likely N-dealkylation sites (tertiary alicyclic amines) is 1. The van der Waals surface area contributed by atoms with Crippen LogP contribution in [0.4, 0.5) is 5.13 Å². The number of rotatable bonds is 28. The van der Waals surface area contributed by atoms with Crippen molar-refractivity contribution in [1.29, 1.82) is 0 Å². The van der Waals surface area contributed by atoms with E-state index in [-0.39, 0.29) is 61.5 Å². The largest absolute Gasteiger partial charge is 0.391 e. The Labute approximate surface area is 454 Å². The Hall–Kier alpha value is -6.29. The minimum atomic E-state index is -3.60. The molecule has 2 aromatic carbocycles. The number of unbranched alkanes of at least 4 members (excludes halogenated alkanes) is 8. The first-order chi connectivity index (χ1) is 36.3. The average Bonchev–Trinajstić information content (AvgIpc) is 4.24. The van der Waals surface area contributed by atoms with Crippen LogP contribution in [0.2, 0.25) is 0 Å². The molecule has 4 atom stereocenters. The van der Waals surface area contributed by atoms with Crippen molar-refractivity contribution >= 4 is 73.3 Å². The number of aliphatic hydroxyl groups is 1. The maximum Gasteiger partial charge on any atom is 0.253 e. The van der Waals surface area contributed by atoms with Gasteiger partial charge in [0.25, 0.3) is 5.91 Å². The Kier molecular flexibility index (Phi) is 21.9. The van der Waals surface area contributed by atoms with Crippen LogP contribution in [0.5, 0.6) is 0 Å². The number of thiazole rings is 2. The first-order valence-electron chi connectivity index (χ1n) is 26.1. The number of nitrogens with zero attached hydrogens (tertiary/aromatic N) is 4. The SMILES string of the molecule is Cc1ncsc1-c1ccc(CNC(=O)[C@@H]2C[C@@H](O)CN2C(=O)[C@@H](NC(=O)CCCCCCCCCCC(=O)NCCCC[C@H](NC(=O)c2ccn(S(C)(=O)=O)c2)C(=O)Nc2nc(-c3ccccc3)cs2)C(C)(C)C)cc1. The van der Waals surface area contributed by atoms with Gasteiger partial charge in [0.05, 0.1) is 39.7 Å². The van der Waals surface area contributed by atoms with Crippen molar-refractivity contribution in [3.05, 3.63) is 101 Å². The molecule has 0 radical (unpaired) electrons. The molecule has 1 aliphatic heterocycles. The molecule has 5 aromatic rings. The molecule has 1 fully saturated rings. The number of carbonyl (C=O) groups is 6. The topological polar surface area (TPSA) is 251 Å². The lowest BCUT2D eigenvalue weighted by Crippen LogP contribution is -2.57. The minimum Gasteiger partial charge on any atom is -0.391 e. The van der Waals surface area contributed by atoms with E-state index in [2.05, 4.69) is 36.6 Å². The molecule has 0 unspecified atom stereocenters. The number of β-amino-alcohol motifs (C(OH)–C–C–N with tert-alkyl or cyclic N) is 1. The highest BCUT2D eigenvalue weighted by atomic mass is 32.2. The molecule has 410 valence electrons. The van der Waals surface area contributed by atoms with E-state index in [9.17, 15) is 42.3 Å². The second-order valence-corrected chi connectivity index (χ2v) is 24.1. The number of nitrogens with one attached hydrogen (secondary N) is 5. The minimum absolute atomic E-state index is 0.00911. The molecule has 21 heteroatoms. The quantitative estimate of drug-likeness (QED) is 0.0266. The molecule has 6 amide bonds. The van der Waals surface area contributed by atoms with Crippen LogP contribution >= 0.6 is 22.7 Å². The Bertz CT molecular complexity index is 2840. The third kappa shape index (κ3) is 17.9. The number of anilines is 1. The second-order valence-electron chi connectivity index (χ2n) is 20.5. The van der Waals surface area contributed by atoms with Crippen molar-refractivity contribution in [2.45, 2.75) is 148 Å². The molecular weight excluding hydrogens is 1030 g/mol. The lowest BCUT2D eigenvalue weighted by atomic mass is 9.85. The molecule has 3 aromatic heterocycles. The molecule has 1 saturated heterocycles. The molecular formula is C55H73N9O9S3. The predicted molar refractivity (Wildman–Crippen MR) is 297 cm³/mol. The van der Waals surface area contributed by atoms with E-state index in [1.807, 2.05) is 93.2 Å². The summed E-state index contributed by atoms with van der Waals surface area (Å²) in [5.41, 5.74) is 5.77. The fraction of sp³-hybridized carbons (Fsp3) is 0.491. The molecule has 0 aliphatic carbocycles. The number of carbonyl (C=O) groups excluding carboxylic acids is 6. The highest BCUT2D eigenvalue weighted by Crippen LogP contribution is 2.29. The van der Waals surface area contributed by atoms with Crippen LogP contribution in [0, 0.1) is 12.3 Å². The van der Waals surface area contributed by atoms with E-state index in [1.54, 1.807) is 11.3 Å². The summed E-state index contributed by atoms with van der Waals surface area (Å²) in [4.78, 5) is 91.3. The van der Waals surface area contributed by atoms with Gasteiger partial charge in [-0.3, -0.25) is 32.7 Å². The Morgan fingerprint density at radius 3 is 2.11 bits per heavy atom. The summed E-state index contributed by atoms with van der Waals surface area (Å²) in [5.74, 6) is -2.08. The summed E-state index contributed by atoms with van der Waals surface area (Å²) in [6, 6.07) is 16.1. The van der Waals surface area contributed by atoms with E-state index in [0.29, 0.717) is 43.1 Å². The van der Waals surface area contributed by atoms with Gasteiger partial charge in [0, 0.05) is 62.2 Å². The monoisotopic (exact) mass is 1100 g/mol. The van der Waals surface area contributed by atoms with Gasteiger partial charge in [-0.25, -0.2) is 18.4 Å². The first-order valence-corrected chi connectivity index (χ1v) is 29.7. The first kappa shape index (κ1) is 59.0. The van der Waals surface area contributed by atoms with Gasteiger partial charge < -0.3 is 36.6 Å². The van der Waals surface area contributed by atoms with E-state index in [4.69, 9.17) is 0 Å². The molecule has 6 rings (SSSR count). The number of hydrogen-bond acceptors (Lipinski definition) is 13. The Morgan fingerprint density at radius 2 is 1.47 bits per heavy atom. The summed E-state index contributed by atoms with van der Waals surface area (Å²) in [6.07, 6.45) is 11.9. The van der Waals surface area contributed by atoms with Gasteiger partial charge in [0.15, 0.2) is 5.13 Å². The fourth-order valence-electron chi connectivity index (χ4n) is 8.93. The van der Waals surface area contributed by atoms with Crippen LogP contribution in [-0.4, -0.2) is 111 Å². The van der Waals surface area contributed by atoms with Crippen LogP contribution in [0.25, 0.3) is 21.7 Å². The van der Waals surface area contributed by atoms with Crippen LogP contribution in [0.15, 0.2) is 83.9 Å². The van der Waals surface area contributed by atoms with Gasteiger partial charge in [-0.1, -0.05) is 114 Å². The smallest absolute Gasteiger partial charge is 0.253 e.